The standard InChI is InChI=1S/C51H90O9/c1-3-5-7-9-11-13-15-17-19-21-23-24-26-28-30-32-34-36-38-40-47(53)59-45(44-58-51-50(56)49(55)48(54)46(42-52)60-51)43-57-41-39-37-35-33-31-29-27-25-22-20-18-16-14-12-10-8-6-4-2/h5,7,11,13,17,19,23-24,28,30,45-46,48-52,54-56H,3-4,6,8-10,12,14-16,18,20-22,25-27,29,31-44H2,1-2H3/b7-5-,13-11-,19-17-,24-23-,30-28-. The Labute approximate surface area is 366 Å². The van der Waals surface area contributed by atoms with Crippen LogP contribution in [0.25, 0.3) is 0 Å². The van der Waals surface area contributed by atoms with Crippen LogP contribution in [0.3, 0.4) is 0 Å². The summed E-state index contributed by atoms with van der Waals surface area (Å²) >= 11 is 0. The molecule has 4 N–H and O–H groups in total. The molecule has 0 aromatic heterocycles. The fourth-order valence-electron chi connectivity index (χ4n) is 7.17. The lowest BCUT2D eigenvalue weighted by Crippen LogP contribution is -2.59. The molecule has 1 fully saturated rings. The van der Waals surface area contributed by atoms with Crippen molar-refractivity contribution in [2.24, 2.45) is 0 Å². The SMILES string of the molecule is CC/C=C\C/C=C\C/C=C\C/C=C\C/C=C\CCCCCC(=O)OC(COCCCCCCCCCCCCCCCCCCCC)COC1OC(CO)C(O)C(O)C1O. The van der Waals surface area contributed by atoms with Gasteiger partial charge in [-0.2, -0.15) is 0 Å². The summed E-state index contributed by atoms with van der Waals surface area (Å²) in [6.45, 7) is 4.42. The fraction of sp³-hybridized carbons (Fsp3) is 0.784. The Hall–Kier alpha value is -2.11. The second-order valence-electron chi connectivity index (χ2n) is 16.5. The van der Waals surface area contributed by atoms with Crippen molar-refractivity contribution in [2.75, 3.05) is 26.4 Å². The van der Waals surface area contributed by atoms with E-state index in [0.29, 0.717) is 13.0 Å². The predicted molar refractivity (Wildman–Crippen MR) is 247 cm³/mol. The number of aliphatic hydroxyl groups excluding tert-OH is 4. The molecule has 0 radical (unpaired) electrons. The third kappa shape index (κ3) is 32.6. The lowest BCUT2D eigenvalue weighted by molar-refractivity contribution is -0.305. The van der Waals surface area contributed by atoms with Crippen LogP contribution in [-0.2, 0) is 23.7 Å². The van der Waals surface area contributed by atoms with Crippen LogP contribution in [0.2, 0.25) is 0 Å². The molecular weight excluding hydrogens is 757 g/mol. The van der Waals surface area contributed by atoms with Crippen LogP contribution in [-0.4, -0.2) is 89.6 Å². The highest BCUT2D eigenvalue weighted by molar-refractivity contribution is 5.69. The molecular formula is C51H90O9. The first kappa shape index (κ1) is 55.9. The van der Waals surface area contributed by atoms with Gasteiger partial charge in [0.25, 0.3) is 0 Å². The number of aliphatic hydroxyl groups is 4. The Bertz CT molecular complexity index is 1100. The van der Waals surface area contributed by atoms with Crippen molar-refractivity contribution in [2.45, 2.75) is 230 Å². The Morgan fingerprint density at radius 3 is 1.52 bits per heavy atom. The average molecular weight is 847 g/mol. The smallest absolute Gasteiger partial charge is 0.306 e. The van der Waals surface area contributed by atoms with Crippen LogP contribution in [0.1, 0.15) is 194 Å². The lowest BCUT2D eigenvalue weighted by Gasteiger charge is -2.39. The summed E-state index contributed by atoms with van der Waals surface area (Å²) in [6.07, 6.45) is 46.8. The first-order valence-corrected chi connectivity index (χ1v) is 24.4. The van der Waals surface area contributed by atoms with Crippen molar-refractivity contribution in [3.05, 3.63) is 60.8 Å². The van der Waals surface area contributed by atoms with Crippen LogP contribution in [0.4, 0.5) is 0 Å². The van der Waals surface area contributed by atoms with Gasteiger partial charge in [-0.25, -0.2) is 0 Å². The van der Waals surface area contributed by atoms with Gasteiger partial charge < -0.3 is 39.4 Å². The highest BCUT2D eigenvalue weighted by Crippen LogP contribution is 2.22. The summed E-state index contributed by atoms with van der Waals surface area (Å²) in [7, 11) is 0. The molecule has 1 aliphatic heterocycles. The second-order valence-corrected chi connectivity index (χ2v) is 16.5. The summed E-state index contributed by atoms with van der Waals surface area (Å²) in [6, 6.07) is 0. The lowest BCUT2D eigenvalue weighted by atomic mass is 9.99. The summed E-state index contributed by atoms with van der Waals surface area (Å²) in [5.74, 6) is -0.343. The van der Waals surface area contributed by atoms with Crippen LogP contribution in [0.15, 0.2) is 60.8 Å². The molecule has 0 aromatic rings. The number of esters is 1. The van der Waals surface area contributed by atoms with E-state index in [-0.39, 0.29) is 25.6 Å². The second kappa shape index (κ2) is 42.2. The number of hydrogen-bond acceptors (Lipinski definition) is 9. The van der Waals surface area contributed by atoms with E-state index in [1.165, 1.54) is 103 Å². The van der Waals surface area contributed by atoms with Crippen LogP contribution in [0.5, 0.6) is 0 Å². The molecule has 6 atom stereocenters. The van der Waals surface area contributed by atoms with Gasteiger partial charge in [0.15, 0.2) is 6.29 Å². The summed E-state index contributed by atoms with van der Waals surface area (Å²) in [4.78, 5) is 12.8. The Morgan fingerprint density at radius 2 is 1.02 bits per heavy atom. The molecule has 6 unspecified atom stereocenters. The van der Waals surface area contributed by atoms with E-state index in [0.717, 1.165) is 64.2 Å². The first-order valence-electron chi connectivity index (χ1n) is 24.4. The fourth-order valence-corrected chi connectivity index (χ4v) is 7.17. The molecule has 9 nitrogen and oxygen atoms in total. The topological polar surface area (TPSA) is 135 Å². The van der Waals surface area contributed by atoms with Gasteiger partial charge in [-0.1, -0.05) is 190 Å². The van der Waals surface area contributed by atoms with Crippen molar-refractivity contribution < 1.29 is 44.2 Å². The van der Waals surface area contributed by atoms with Crippen molar-refractivity contribution in [1.82, 2.24) is 0 Å². The van der Waals surface area contributed by atoms with Crippen LogP contribution < -0.4 is 0 Å². The molecule has 0 aliphatic carbocycles. The molecule has 1 saturated heterocycles. The molecule has 348 valence electrons. The Balaban J connectivity index is 2.26. The van der Waals surface area contributed by atoms with Gasteiger partial charge in [-0.3, -0.25) is 4.79 Å². The summed E-state index contributed by atoms with van der Waals surface area (Å²) < 4.78 is 22.8. The normalized spacial score (nSPS) is 20.5. The highest BCUT2D eigenvalue weighted by atomic mass is 16.7. The molecule has 1 rings (SSSR count). The van der Waals surface area contributed by atoms with E-state index in [2.05, 4.69) is 74.6 Å². The Morgan fingerprint density at radius 1 is 0.550 bits per heavy atom. The Kier molecular flexibility index (Phi) is 39.3. The van der Waals surface area contributed by atoms with Gasteiger partial charge in [0, 0.05) is 13.0 Å². The van der Waals surface area contributed by atoms with Crippen molar-refractivity contribution in [3.8, 4) is 0 Å². The molecule has 60 heavy (non-hydrogen) atoms. The van der Waals surface area contributed by atoms with Crippen molar-refractivity contribution in [1.29, 1.82) is 0 Å². The maximum absolute atomic E-state index is 12.8. The molecule has 1 heterocycles. The molecule has 1 aliphatic rings. The van der Waals surface area contributed by atoms with E-state index in [1.54, 1.807) is 0 Å². The quantitative estimate of drug-likeness (QED) is 0.0269. The maximum Gasteiger partial charge on any atom is 0.306 e. The van der Waals surface area contributed by atoms with Gasteiger partial charge in [-0.15, -0.1) is 0 Å². The number of hydrogen-bond donors (Lipinski definition) is 4. The van der Waals surface area contributed by atoms with Crippen molar-refractivity contribution in [3.63, 3.8) is 0 Å². The number of carbonyl (C=O) groups excluding carboxylic acids is 1. The highest BCUT2D eigenvalue weighted by Gasteiger charge is 2.44. The number of rotatable bonds is 41. The van der Waals surface area contributed by atoms with E-state index in [4.69, 9.17) is 18.9 Å². The van der Waals surface area contributed by atoms with Crippen LogP contribution in [0, 0.1) is 0 Å². The molecule has 0 spiro atoms. The average Bonchev–Trinajstić information content (AvgIpc) is 3.25. The van der Waals surface area contributed by atoms with E-state index < -0.39 is 43.4 Å². The zero-order chi connectivity index (χ0) is 43.6. The molecule has 0 amide bonds. The van der Waals surface area contributed by atoms with E-state index in [9.17, 15) is 25.2 Å². The minimum absolute atomic E-state index is 0.127. The minimum Gasteiger partial charge on any atom is -0.457 e. The van der Waals surface area contributed by atoms with E-state index in [1.807, 2.05) is 0 Å². The van der Waals surface area contributed by atoms with Gasteiger partial charge >= 0.3 is 5.97 Å². The molecule has 0 saturated carbocycles. The third-order valence-corrected chi connectivity index (χ3v) is 10.9. The molecule has 9 heteroatoms. The number of allylic oxidation sites excluding steroid dienone is 10. The maximum atomic E-state index is 12.8. The number of unbranched alkanes of at least 4 members (excludes halogenated alkanes) is 20. The zero-order valence-corrected chi connectivity index (χ0v) is 38.2. The monoisotopic (exact) mass is 847 g/mol. The number of ether oxygens (including phenoxy) is 4. The third-order valence-electron chi connectivity index (χ3n) is 10.9. The van der Waals surface area contributed by atoms with E-state index >= 15 is 0 Å². The van der Waals surface area contributed by atoms with Crippen LogP contribution >= 0.6 is 0 Å². The van der Waals surface area contributed by atoms with Gasteiger partial charge in [0.2, 0.25) is 0 Å². The van der Waals surface area contributed by atoms with Gasteiger partial charge in [0.05, 0.1) is 19.8 Å². The first-order chi connectivity index (χ1) is 29.4. The minimum atomic E-state index is -1.54. The number of carbonyl (C=O) groups is 1. The molecule has 0 aromatic carbocycles. The molecule has 0 bridgehead atoms. The predicted octanol–water partition coefficient (Wildman–Crippen LogP) is 11.5. The van der Waals surface area contributed by atoms with Gasteiger partial charge in [0.1, 0.15) is 30.5 Å². The van der Waals surface area contributed by atoms with Gasteiger partial charge in [-0.05, 0) is 57.8 Å². The van der Waals surface area contributed by atoms with Crippen molar-refractivity contribution >= 4 is 5.97 Å². The summed E-state index contributed by atoms with van der Waals surface area (Å²) in [5, 5.41) is 40.2. The largest absolute Gasteiger partial charge is 0.457 e. The zero-order valence-electron chi connectivity index (χ0n) is 38.2. The summed E-state index contributed by atoms with van der Waals surface area (Å²) in [5.41, 5.74) is 0.